The van der Waals surface area contributed by atoms with Crippen LogP contribution in [0.2, 0.25) is 0 Å². The molecule has 32 heavy (non-hydrogen) atoms. The molecule has 10 nitrogen and oxygen atoms in total. The third-order valence-electron chi connectivity index (χ3n) is 5.73. The maximum Gasteiger partial charge on any atom is 0.339 e. The van der Waals surface area contributed by atoms with Crippen LogP contribution in [0.3, 0.4) is 0 Å². The second kappa shape index (κ2) is 9.67. The average Bonchev–Trinajstić information content (AvgIpc) is 3.29. The summed E-state index contributed by atoms with van der Waals surface area (Å²) in [6.45, 7) is 5.79. The Labute approximate surface area is 192 Å². The fourth-order valence-corrected chi connectivity index (χ4v) is 6.07. The predicted molar refractivity (Wildman–Crippen MR) is 120 cm³/mol. The molecular weight excluding hydrogens is 454 g/mol. The standard InChI is InChI=1S/C20H27N5O5S2/c1-2-29-19(26)16-3-4-17(21-12-16)24-8-6-23(7-9-24)14-25-20(31)30-18(22-25)11-15-5-10-32(27,28)13-15/h3-4,12,15H,2,5-11,13-14H2,1H3. The van der Waals surface area contributed by atoms with E-state index in [4.69, 9.17) is 21.4 Å². The highest BCUT2D eigenvalue weighted by atomic mass is 32.2. The molecule has 2 aromatic rings. The van der Waals surface area contributed by atoms with Crippen molar-refractivity contribution in [3.8, 4) is 0 Å². The van der Waals surface area contributed by atoms with Crippen LogP contribution in [0.5, 0.6) is 0 Å². The van der Waals surface area contributed by atoms with Gasteiger partial charge in [-0.25, -0.2) is 22.9 Å². The quantitative estimate of drug-likeness (QED) is 0.426. The van der Waals surface area contributed by atoms with Crippen LogP contribution in [0.25, 0.3) is 0 Å². The van der Waals surface area contributed by atoms with E-state index in [9.17, 15) is 13.2 Å². The highest BCUT2D eigenvalue weighted by Crippen LogP contribution is 2.22. The summed E-state index contributed by atoms with van der Waals surface area (Å²) in [5.41, 5.74) is 0.445. The smallest absolute Gasteiger partial charge is 0.339 e. The Morgan fingerprint density at radius 3 is 2.69 bits per heavy atom. The number of esters is 1. The molecule has 1 atom stereocenters. The SMILES string of the molecule is CCOC(=O)c1ccc(N2CCN(Cn3nc(CC4CCS(=O)(=O)C4)oc3=S)CC2)nc1. The lowest BCUT2D eigenvalue weighted by molar-refractivity contribution is 0.0526. The van der Waals surface area contributed by atoms with Gasteiger partial charge >= 0.3 is 5.97 Å². The van der Waals surface area contributed by atoms with Crippen molar-refractivity contribution >= 4 is 33.8 Å². The first-order valence-corrected chi connectivity index (χ1v) is 12.9. The van der Waals surface area contributed by atoms with Crippen molar-refractivity contribution in [2.24, 2.45) is 5.92 Å². The maximum atomic E-state index is 11.8. The Bertz CT molecular complexity index is 1100. The van der Waals surface area contributed by atoms with Gasteiger partial charge in [0.1, 0.15) is 5.82 Å². The summed E-state index contributed by atoms with van der Waals surface area (Å²) in [7, 11) is -2.92. The van der Waals surface area contributed by atoms with Crippen molar-refractivity contribution in [1.82, 2.24) is 19.7 Å². The van der Waals surface area contributed by atoms with Gasteiger partial charge in [0.25, 0.3) is 4.84 Å². The summed E-state index contributed by atoms with van der Waals surface area (Å²) in [6.07, 6.45) is 2.69. The zero-order valence-electron chi connectivity index (χ0n) is 18.0. The van der Waals surface area contributed by atoms with Gasteiger partial charge < -0.3 is 14.1 Å². The van der Waals surface area contributed by atoms with Crippen LogP contribution < -0.4 is 4.90 Å². The van der Waals surface area contributed by atoms with E-state index in [0.29, 0.717) is 42.4 Å². The molecule has 4 rings (SSSR count). The molecule has 0 bridgehead atoms. The minimum absolute atomic E-state index is 0.0489. The molecule has 2 aliphatic rings. The van der Waals surface area contributed by atoms with E-state index < -0.39 is 9.84 Å². The molecule has 4 heterocycles. The van der Waals surface area contributed by atoms with Gasteiger partial charge in [0.15, 0.2) is 9.84 Å². The van der Waals surface area contributed by atoms with Crippen LogP contribution >= 0.6 is 12.2 Å². The number of pyridine rings is 1. The number of anilines is 1. The fraction of sp³-hybridized carbons (Fsp3) is 0.600. The van der Waals surface area contributed by atoms with Gasteiger partial charge in [0, 0.05) is 38.8 Å². The molecule has 12 heteroatoms. The van der Waals surface area contributed by atoms with E-state index in [1.807, 2.05) is 6.07 Å². The van der Waals surface area contributed by atoms with Crippen LogP contribution in [0.1, 0.15) is 29.6 Å². The van der Waals surface area contributed by atoms with Gasteiger partial charge in [-0.05, 0) is 43.6 Å². The molecule has 0 saturated carbocycles. The highest BCUT2D eigenvalue weighted by Gasteiger charge is 2.29. The molecule has 0 N–H and O–H groups in total. The molecule has 0 aromatic carbocycles. The Balaban J connectivity index is 1.29. The van der Waals surface area contributed by atoms with Crippen LogP contribution in [0, 0.1) is 10.8 Å². The normalized spacial score (nSPS) is 21.0. The number of ether oxygens (including phenoxy) is 1. The van der Waals surface area contributed by atoms with E-state index >= 15 is 0 Å². The minimum Gasteiger partial charge on any atom is -0.462 e. The van der Waals surface area contributed by atoms with Crippen LogP contribution in [0.15, 0.2) is 22.7 Å². The molecule has 0 radical (unpaired) electrons. The third-order valence-corrected chi connectivity index (χ3v) is 7.86. The number of hydrogen-bond donors (Lipinski definition) is 0. The largest absolute Gasteiger partial charge is 0.462 e. The van der Waals surface area contributed by atoms with Gasteiger partial charge in [-0.1, -0.05) is 0 Å². The summed E-state index contributed by atoms with van der Waals surface area (Å²) < 4.78 is 35.6. The number of rotatable bonds is 7. The maximum absolute atomic E-state index is 11.8. The van der Waals surface area contributed by atoms with E-state index in [-0.39, 0.29) is 23.4 Å². The van der Waals surface area contributed by atoms with E-state index in [1.165, 1.54) is 0 Å². The van der Waals surface area contributed by atoms with Gasteiger partial charge in [-0.3, -0.25) is 4.90 Å². The predicted octanol–water partition coefficient (Wildman–Crippen LogP) is 1.53. The summed E-state index contributed by atoms with van der Waals surface area (Å²) in [4.78, 5) is 20.9. The van der Waals surface area contributed by atoms with E-state index in [0.717, 1.165) is 32.0 Å². The molecule has 0 aliphatic carbocycles. The zero-order chi connectivity index (χ0) is 22.7. The van der Waals surface area contributed by atoms with Gasteiger partial charge in [0.2, 0.25) is 5.89 Å². The van der Waals surface area contributed by atoms with Crippen LogP contribution in [-0.4, -0.2) is 78.3 Å². The topological polar surface area (TPSA) is 111 Å². The fourth-order valence-electron chi connectivity index (χ4n) is 4.02. The van der Waals surface area contributed by atoms with Crippen LogP contribution in [-0.2, 0) is 27.7 Å². The third kappa shape index (κ3) is 5.54. The van der Waals surface area contributed by atoms with Gasteiger partial charge in [-0.2, -0.15) is 0 Å². The molecule has 0 spiro atoms. The number of carbonyl (C=O) groups excluding carboxylic acids is 1. The lowest BCUT2D eigenvalue weighted by Crippen LogP contribution is -2.47. The monoisotopic (exact) mass is 481 g/mol. The number of piperazine rings is 1. The van der Waals surface area contributed by atoms with Crippen molar-refractivity contribution in [3.63, 3.8) is 0 Å². The lowest BCUT2D eigenvalue weighted by atomic mass is 10.1. The first-order chi connectivity index (χ1) is 15.3. The van der Waals surface area contributed by atoms with Crippen molar-refractivity contribution in [2.75, 3.05) is 49.2 Å². The lowest BCUT2D eigenvalue weighted by Gasteiger charge is -2.35. The number of sulfone groups is 1. The summed E-state index contributed by atoms with van der Waals surface area (Å²) in [6, 6.07) is 3.57. The summed E-state index contributed by atoms with van der Waals surface area (Å²) in [5.74, 6) is 1.44. The summed E-state index contributed by atoms with van der Waals surface area (Å²) >= 11 is 5.31. The molecule has 2 fully saturated rings. The molecule has 2 aromatic heterocycles. The van der Waals surface area contributed by atoms with Crippen molar-refractivity contribution in [1.29, 1.82) is 0 Å². The first-order valence-electron chi connectivity index (χ1n) is 10.7. The Morgan fingerprint density at radius 2 is 2.06 bits per heavy atom. The Hall–Kier alpha value is -2.31. The van der Waals surface area contributed by atoms with Crippen LogP contribution in [0.4, 0.5) is 5.82 Å². The molecule has 0 amide bonds. The average molecular weight is 482 g/mol. The molecule has 2 aliphatic heterocycles. The number of aromatic nitrogens is 3. The Morgan fingerprint density at radius 1 is 1.28 bits per heavy atom. The molecule has 1 unspecified atom stereocenters. The van der Waals surface area contributed by atoms with E-state index in [2.05, 4.69) is 19.9 Å². The van der Waals surface area contributed by atoms with Gasteiger partial charge in [-0.15, -0.1) is 5.10 Å². The zero-order valence-corrected chi connectivity index (χ0v) is 19.6. The first kappa shape index (κ1) is 22.9. The molecule has 174 valence electrons. The van der Waals surface area contributed by atoms with Crippen molar-refractivity contribution in [3.05, 3.63) is 34.6 Å². The molecule has 2 saturated heterocycles. The number of carbonyl (C=O) groups is 1. The van der Waals surface area contributed by atoms with E-state index in [1.54, 1.807) is 23.9 Å². The minimum atomic E-state index is -2.92. The summed E-state index contributed by atoms with van der Waals surface area (Å²) in [5, 5.41) is 4.47. The molecular formula is C20H27N5O5S2. The van der Waals surface area contributed by atoms with Crippen molar-refractivity contribution < 1.29 is 22.4 Å². The highest BCUT2D eigenvalue weighted by molar-refractivity contribution is 7.91. The van der Waals surface area contributed by atoms with Gasteiger partial charge in [0.05, 0.1) is 30.3 Å². The Kier molecular flexibility index (Phi) is 6.91. The number of hydrogen-bond acceptors (Lipinski definition) is 10. The van der Waals surface area contributed by atoms with Crippen molar-refractivity contribution in [2.45, 2.75) is 26.4 Å². The second-order valence-corrected chi connectivity index (χ2v) is 10.7. The second-order valence-electron chi connectivity index (χ2n) is 8.11. The number of nitrogens with zero attached hydrogens (tertiary/aromatic N) is 5.